The van der Waals surface area contributed by atoms with Crippen LogP contribution in [0.25, 0.3) is 0 Å². The Bertz CT molecular complexity index is 259. The van der Waals surface area contributed by atoms with Crippen molar-refractivity contribution >= 4 is 0 Å². The van der Waals surface area contributed by atoms with Gasteiger partial charge in [-0.05, 0) is 12.8 Å². The van der Waals surface area contributed by atoms with Gasteiger partial charge in [0.05, 0.1) is 0 Å². The molecule has 0 aliphatic heterocycles. The highest BCUT2D eigenvalue weighted by molar-refractivity contribution is 4.90. The monoisotopic (exact) mass is 252 g/mol. The van der Waals surface area contributed by atoms with E-state index in [1.165, 1.54) is 64.2 Å². The van der Waals surface area contributed by atoms with E-state index in [0.717, 1.165) is 5.82 Å². The van der Waals surface area contributed by atoms with E-state index in [2.05, 4.69) is 34.5 Å². The van der Waals surface area contributed by atoms with Gasteiger partial charge in [-0.1, -0.05) is 70.4 Å². The van der Waals surface area contributed by atoms with Gasteiger partial charge in [0.15, 0.2) is 5.82 Å². The minimum Gasteiger partial charge on any atom is -0.177 e. The third-order valence-corrected chi connectivity index (χ3v) is 3.54. The van der Waals surface area contributed by atoms with Gasteiger partial charge in [0.1, 0.15) is 0 Å². The number of aromatic amines is 1. The molecule has 0 amide bonds. The zero-order valence-electron chi connectivity index (χ0n) is 12.0. The Kier molecular flexibility index (Phi) is 8.43. The minimum atomic E-state index is 0.512. The average molecular weight is 252 g/mol. The molecule has 4 heteroatoms. The van der Waals surface area contributed by atoms with Crippen molar-refractivity contribution in [2.24, 2.45) is 0 Å². The second-order valence-electron chi connectivity index (χ2n) is 5.17. The molecule has 0 saturated heterocycles. The van der Waals surface area contributed by atoms with Gasteiger partial charge in [0, 0.05) is 5.92 Å². The van der Waals surface area contributed by atoms with Gasteiger partial charge in [-0.25, -0.2) is 0 Å². The van der Waals surface area contributed by atoms with E-state index in [9.17, 15) is 0 Å². The fourth-order valence-electron chi connectivity index (χ4n) is 2.38. The largest absolute Gasteiger partial charge is 0.177 e. The number of nitrogens with zero attached hydrogens (tertiary/aromatic N) is 3. The number of nitrogens with one attached hydrogen (secondary N) is 1. The van der Waals surface area contributed by atoms with Crippen LogP contribution in [0, 0.1) is 0 Å². The van der Waals surface area contributed by atoms with Crippen LogP contribution in [0.1, 0.15) is 89.8 Å². The molecule has 0 radical (unpaired) electrons. The maximum absolute atomic E-state index is 4.17. The summed E-state index contributed by atoms with van der Waals surface area (Å²) in [7, 11) is 0. The lowest BCUT2D eigenvalue weighted by Gasteiger charge is -2.12. The fraction of sp³-hybridized carbons (Fsp3) is 0.929. The predicted octanol–water partition coefficient (Wildman–Crippen LogP) is 4.22. The summed E-state index contributed by atoms with van der Waals surface area (Å²) in [6.45, 7) is 4.50. The molecular weight excluding hydrogens is 224 g/mol. The van der Waals surface area contributed by atoms with Crippen LogP contribution in [0.3, 0.4) is 0 Å². The molecule has 1 aromatic rings. The third kappa shape index (κ3) is 6.12. The summed E-state index contributed by atoms with van der Waals surface area (Å²) in [5, 5.41) is 14.6. The summed E-state index contributed by atoms with van der Waals surface area (Å²) in [5.74, 6) is 1.43. The van der Waals surface area contributed by atoms with Crippen LogP contribution in [0.4, 0.5) is 0 Å². The molecule has 0 spiro atoms. The first-order chi connectivity index (χ1) is 8.88. The molecule has 4 nitrogen and oxygen atoms in total. The van der Waals surface area contributed by atoms with Gasteiger partial charge in [-0.15, -0.1) is 10.2 Å². The van der Waals surface area contributed by atoms with Crippen molar-refractivity contribution < 1.29 is 0 Å². The lowest BCUT2D eigenvalue weighted by molar-refractivity contribution is 0.480. The summed E-state index contributed by atoms with van der Waals surface area (Å²) in [4.78, 5) is 0. The van der Waals surface area contributed by atoms with E-state index < -0.39 is 0 Å². The van der Waals surface area contributed by atoms with Gasteiger partial charge in [0.25, 0.3) is 0 Å². The van der Waals surface area contributed by atoms with Crippen LogP contribution in [-0.4, -0.2) is 20.6 Å². The molecule has 1 aromatic heterocycles. The predicted molar refractivity (Wildman–Crippen MR) is 74.4 cm³/mol. The quantitative estimate of drug-likeness (QED) is 0.600. The Morgan fingerprint density at radius 1 is 0.889 bits per heavy atom. The molecule has 0 unspecified atom stereocenters. The van der Waals surface area contributed by atoms with Gasteiger partial charge in [0.2, 0.25) is 0 Å². The molecule has 1 rings (SSSR count). The Labute approximate surface area is 111 Å². The molecule has 0 aliphatic rings. The zero-order chi connectivity index (χ0) is 13.1. The fourth-order valence-corrected chi connectivity index (χ4v) is 2.38. The third-order valence-electron chi connectivity index (χ3n) is 3.54. The summed E-state index contributed by atoms with van der Waals surface area (Å²) >= 11 is 0. The maximum Gasteiger partial charge on any atom is 0.177 e. The molecule has 0 fully saturated rings. The van der Waals surface area contributed by atoms with Gasteiger partial charge in [-0.2, -0.15) is 5.21 Å². The molecule has 18 heavy (non-hydrogen) atoms. The second-order valence-corrected chi connectivity index (χ2v) is 5.17. The smallest absolute Gasteiger partial charge is 0.177 e. The molecular formula is C14H28N4. The van der Waals surface area contributed by atoms with Crippen molar-refractivity contribution in [3.8, 4) is 0 Å². The van der Waals surface area contributed by atoms with E-state index in [0.29, 0.717) is 5.92 Å². The van der Waals surface area contributed by atoms with Gasteiger partial charge in [-0.3, -0.25) is 0 Å². The van der Waals surface area contributed by atoms with E-state index in [4.69, 9.17) is 0 Å². The summed E-state index contributed by atoms with van der Waals surface area (Å²) < 4.78 is 0. The first kappa shape index (κ1) is 15.1. The average Bonchev–Trinajstić information content (AvgIpc) is 2.91. The van der Waals surface area contributed by atoms with Crippen LogP contribution in [0.15, 0.2) is 0 Å². The number of rotatable bonds is 11. The summed E-state index contributed by atoms with van der Waals surface area (Å²) in [6.07, 6.45) is 13.0. The summed E-state index contributed by atoms with van der Waals surface area (Å²) in [5.41, 5.74) is 0. The lowest BCUT2D eigenvalue weighted by atomic mass is 9.94. The molecule has 0 bridgehead atoms. The van der Waals surface area contributed by atoms with Crippen LogP contribution in [-0.2, 0) is 0 Å². The highest BCUT2D eigenvalue weighted by Gasteiger charge is 2.15. The molecule has 0 atom stereocenters. The van der Waals surface area contributed by atoms with Crippen LogP contribution < -0.4 is 0 Å². The number of unbranched alkanes of at least 4 members (excludes halogenated alkanes) is 6. The maximum atomic E-state index is 4.17. The summed E-state index contributed by atoms with van der Waals surface area (Å²) in [6, 6.07) is 0. The number of hydrogen-bond donors (Lipinski definition) is 1. The molecule has 1 N–H and O–H groups in total. The Hall–Kier alpha value is -0.930. The van der Waals surface area contributed by atoms with Crippen LogP contribution >= 0.6 is 0 Å². The molecule has 1 heterocycles. The van der Waals surface area contributed by atoms with Crippen molar-refractivity contribution in [1.82, 2.24) is 20.6 Å². The number of tetrazole rings is 1. The van der Waals surface area contributed by atoms with Gasteiger partial charge >= 0.3 is 0 Å². The Balaban J connectivity index is 2.29. The van der Waals surface area contributed by atoms with E-state index >= 15 is 0 Å². The van der Waals surface area contributed by atoms with Gasteiger partial charge < -0.3 is 0 Å². The van der Waals surface area contributed by atoms with Crippen molar-refractivity contribution in [1.29, 1.82) is 0 Å². The molecule has 0 aromatic carbocycles. The van der Waals surface area contributed by atoms with Crippen molar-refractivity contribution in [3.05, 3.63) is 5.82 Å². The van der Waals surface area contributed by atoms with E-state index in [-0.39, 0.29) is 0 Å². The Morgan fingerprint density at radius 2 is 1.50 bits per heavy atom. The van der Waals surface area contributed by atoms with Crippen molar-refractivity contribution in [2.75, 3.05) is 0 Å². The normalized spacial score (nSPS) is 11.3. The second kappa shape index (κ2) is 10.0. The lowest BCUT2D eigenvalue weighted by Crippen LogP contribution is -2.02. The standard InChI is InChI=1S/C14H28N4/c1-3-5-7-9-11-13(12-10-8-6-4-2)14-15-17-18-16-14/h13H,3-12H2,1-2H3,(H,15,16,17,18). The zero-order valence-corrected chi connectivity index (χ0v) is 12.0. The number of H-pyrrole nitrogens is 1. The van der Waals surface area contributed by atoms with E-state index in [1.807, 2.05) is 0 Å². The topological polar surface area (TPSA) is 54.5 Å². The highest BCUT2D eigenvalue weighted by Crippen LogP contribution is 2.25. The number of hydrogen-bond acceptors (Lipinski definition) is 3. The first-order valence-corrected chi connectivity index (χ1v) is 7.61. The molecule has 104 valence electrons. The highest BCUT2D eigenvalue weighted by atomic mass is 15.5. The molecule has 0 saturated carbocycles. The Morgan fingerprint density at radius 3 is 1.94 bits per heavy atom. The number of aromatic nitrogens is 4. The molecule has 0 aliphatic carbocycles. The van der Waals surface area contributed by atoms with Crippen LogP contribution in [0.5, 0.6) is 0 Å². The first-order valence-electron chi connectivity index (χ1n) is 7.61. The van der Waals surface area contributed by atoms with E-state index in [1.54, 1.807) is 0 Å². The SMILES string of the molecule is CCCCCCC(CCCCCC)c1nn[nH]n1. The minimum absolute atomic E-state index is 0.512. The van der Waals surface area contributed by atoms with Crippen molar-refractivity contribution in [3.63, 3.8) is 0 Å². The van der Waals surface area contributed by atoms with Crippen LogP contribution in [0.2, 0.25) is 0 Å². The van der Waals surface area contributed by atoms with Crippen molar-refractivity contribution in [2.45, 2.75) is 84.0 Å².